The normalized spacial score (nSPS) is 11.0. The van der Waals surface area contributed by atoms with Crippen molar-refractivity contribution in [2.75, 3.05) is 6.61 Å². The van der Waals surface area contributed by atoms with Crippen LogP contribution in [0.2, 0.25) is 0 Å². The van der Waals surface area contributed by atoms with Crippen LogP contribution in [0, 0.1) is 0 Å². The van der Waals surface area contributed by atoms with Gasteiger partial charge >= 0.3 is 0 Å². The fraction of sp³-hybridized carbons (Fsp3) is 0.0952. The first kappa shape index (κ1) is 17.4. The Morgan fingerprint density at radius 3 is 2.35 bits per heavy atom. The molecule has 0 aliphatic rings. The maximum Gasteiger partial charge on any atom is 0.271 e. The van der Waals surface area contributed by atoms with Crippen molar-refractivity contribution in [1.82, 2.24) is 10.4 Å². The van der Waals surface area contributed by atoms with Crippen molar-refractivity contribution >= 4 is 11.6 Å². The lowest BCUT2D eigenvalue weighted by atomic mass is 10.0. The zero-order valence-electron chi connectivity index (χ0n) is 14.4. The first-order valence-corrected chi connectivity index (χ1v) is 8.34. The Labute approximate surface area is 152 Å². The Morgan fingerprint density at radius 1 is 0.962 bits per heavy atom. The van der Waals surface area contributed by atoms with Crippen LogP contribution in [0.4, 0.5) is 0 Å². The molecule has 0 radical (unpaired) electrons. The summed E-state index contributed by atoms with van der Waals surface area (Å²) in [6, 6.07) is 20.4. The molecule has 0 fully saturated rings. The minimum Gasteiger partial charge on any atom is -0.494 e. The lowest BCUT2D eigenvalue weighted by Gasteiger charge is -2.08. The maximum absolute atomic E-state index is 12.4. The van der Waals surface area contributed by atoms with Crippen LogP contribution in [0.3, 0.4) is 0 Å². The molecule has 2 aromatic carbocycles. The van der Waals surface area contributed by atoms with Crippen LogP contribution < -0.4 is 10.2 Å². The third-order valence-electron chi connectivity index (χ3n) is 3.68. The van der Waals surface area contributed by atoms with Gasteiger partial charge in [-0.05, 0) is 43.3 Å². The van der Waals surface area contributed by atoms with Crippen molar-refractivity contribution < 1.29 is 9.53 Å². The van der Waals surface area contributed by atoms with E-state index in [-0.39, 0.29) is 5.91 Å². The predicted molar refractivity (Wildman–Crippen MR) is 101 cm³/mol. The van der Waals surface area contributed by atoms with E-state index in [1.54, 1.807) is 36.7 Å². The Morgan fingerprint density at radius 2 is 1.69 bits per heavy atom. The van der Waals surface area contributed by atoms with E-state index >= 15 is 0 Å². The Kier molecular flexibility index (Phi) is 5.72. The number of carbonyl (C=O) groups is 1. The van der Waals surface area contributed by atoms with E-state index in [1.807, 2.05) is 49.4 Å². The van der Waals surface area contributed by atoms with Crippen molar-refractivity contribution in [3.8, 4) is 5.75 Å². The standard InChI is InChI=1S/C21H19N3O2/c1-2-26-19-12-10-17(11-13-19)21(25)24-23-20(16-7-4-3-5-8-16)18-9-6-14-22-15-18/h3-15H,2H2,1H3,(H,24,25). The first-order valence-electron chi connectivity index (χ1n) is 8.34. The van der Waals surface area contributed by atoms with Crippen LogP contribution in [-0.4, -0.2) is 23.2 Å². The van der Waals surface area contributed by atoms with E-state index < -0.39 is 0 Å². The summed E-state index contributed by atoms with van der Waals surface area (Å²) in [6.07, 6.45) is 3.42. The molecule has 1 amide bonds. The lowest BCUT2D eigenvalue weighted by molar-refractivity contribution is 0.0955. The summed E-state index contributed by atoms with van der Waals surface area (Å²) in [5.41, 5.74) is 5.51. The van der Waals surface area contributed by atoms with Crippen molar-refractivity contribution in [3.05, 3.63) is 95.8 Å². The number of ether oxygens (including phenoxy) is 1. The summed E-state index contributed by atoms with van der Waals surface area (Å²) in [5, 5.41) is 4.35. The second-order valence-corrected chi connectivity index (χ2v) is 5.47. The molecule has 26 heavy (non-hydrogen) atoms. The largest absolute Gasteiger partial charge is 0.494 e. The summed E-state index contributed by atoms with van der Waals surface area (Å²) in [5.74, 6) is 0.443. The molecule has 1 N–H and O–H groups in total. The molecular weight excluding hydrogens is 326 g/mol. The topological polar surface area (TPSA) is 63.6 Å². The summed E-state index contributed by atoms with van der Waals surface area (Å²) in [6.45, 7) is 2.50. The maximum atomic E-state index is 12.4. The monoisotopic (exact) mass is 345 g/mol. The number of nitrogens with one attached hydrogen (secondary N) is 1. The number of pyridine rings is 1. The van der Waals surface area contributed by atoms with Crippen LogP contribution in [0.25, 0.3) is 0 Å². The van der Waals surface area contributed by atoms with Crippen LogP contribution in [0.15, 0.2) is 84.2 Å². The highest BCUT2D eigenvalue weighted by Gasteiger charge is 2.09. The van der Waals surface area contributed by atoms with Crippen molar-refractivity contribution in [2.45, 2.75) is 6.92 Å². The van der Waals surface area contributed by atoms with Gasteiger partial charge in [-0.1, -0.05) is 30.3 Å². The average molecular weight is 345 g/mol. The number of amides is 1. The highest BCUT2D eigenvalue weighted by atomic mass is 16.5. The van der Waals surface area contributed by atoms with Crippen LogP contribution in [0.1, 0.15) is 28.4 Å². The van der Waals surface area contributed by atoms with E-state index in [0.29, 0.717) is 17.9 Å². The lowest BCUT2D eigenvalue weighted by Crippen LogP contribution is -2.20. The third kappa shape index (κ3) is 4.33. The summed E-state index contributed by atoms with van der Waals surface area (Å²) < 4.78 is 5.39. The zero-order chi connectivity index (χ0) is 18.2. The highest BCUT2D eigenvalue weighted by Crippen LogP contribution is 2.13. The van der Waals surface area contributed by atoms with Gasteiger partial charge in [-0.2, -0.15) is 5.10 Å². The number of carbonyl (C=O) groups excluding carboxylic acids is 1. The van der Waals surface area contributed by atoms with Crippen LogP contribution in [0.5, 0.6) is 5.75 Å². The summed E-state index contributed by atoms with van der Waals surface area (Å²) in [7, 11) is 0. The molecule has 0 aliphatic heterocycles. The molecular formula is C21H19N3O2. The van der Waals surface area contributed by atoms with E-state index in [1.165, 1.54) is 0 Å². The number of rotatable bonds is 6. The van der Waals surface area contributed by atoms with Gasteiger partial charge in [0.25, 0.3) is 5.91 Å². The molecule has 0 saturated carbocycles. The Balaban J connectivity index is 1.83. The molecule has 0 bridgehead atoms. The highest BCUT2D eigenvalue weighted by molar-refractivity contribution is 6.13. The minimum absolute atomic E-state index is 0.287. The van der Waals surface area contributed by atoms with E-state index in [9.17, 15) is 4.79 Å². The number of aromatic nitrogens is 1. The van der Waals surface area contributed by atoms with Crippen molar-refractivity contribution in [1.29, 1.82) is 0 Å². The smallest absolute Gasteiger partial charge is 0.271 e. The second-order valence-electron chi connectivity index (χ2n) is 5.47. The Bertz CT molecular complexity index is 835. The molecule has 0 atom stereocenters. The molecule has 0 unspecified atom stereocenters. The molecule has 1 aromatic heterocycles. The van der Waals surface area contributed by atoms with Gasteiger partial charge in [0.15, 0.2) is 0 Å². The van der Waals surface area contributed by atoms with Gasteiger partial charge < -0.3 is 4.74 Å². The van der Waals surface area contributed by atoms with E-state index in [2.05, 4.69) is 15.5 Å². The molecule has 0 spiro atoms. The van der Waals surface area contributed by atoms with Gasteiger partial charge in [0.05, 0.1) is 12.3 Å². The average Bonchev–Trinajstić information content (AvgIpc) is 2.70. The van der Waals surface area contributed by atoms with E-state index in [0.717, 1.165) is 16.9 Å². The third-order valence-corrected chi connectivity index (χ3v) is 3.68. The van der Waals surface area contributed by atoms with Gasteiger partial charge in [0, 0.05) is 29.1 Å². The SMILES string of the molecule is CCOc1ccc(C(=O)NN=C(c2ccccc2)c2cccnc2)cc1. The quantitative estimate of drug-likeness (QED) is 0.548. The van der Waals surface area contributed by atoms with Crippen LogP contribution >= 0.6 is 0 Å². The number of hydrogen-bond donors (Lipinski definition) is 1. The minimum atomic E-state index is -0.287. The number of hydrazone groups is 1. The van der Waals surface area contributed by atoms with Crippen LogP contribution in [-0.2, 0) is 0 Å². The number of nitrogens with zero attached hydrogens (tertiary/aromatic N) is 2. The predicted octanol–water partition coefficient (Wildman–Crippen LogP) is 3.66. The second kappa shape index (κ2) is 8.58. The molecule has 5 nitrogen and oxygen atoms in total. The van der Waals surface area contributed by atoms with E-state index in [4.69, 9.17) is 4.74 Å². The number of hydrogen-bond acceptors (Lipinski definition) is 4. The van der Waals surface area contributed by atoms with Crippen molar-refractivity contribution in [2.24, 2.45) is 5.10 Å². The summed E-state index contributed by atoms with van der Waals surface area (Å²) >= 11 is 0. The first-order chi connectivity index (χ1) is 12.8. The van der Waals surface area contributed by atoms with Gasteiger partial charge in [-0.15, -0.1) is 0 Å². The van der Waals surface area contributed by atoms with Gasteiger partial charge in [0.1, 0.15) is 5.75 Å². The summed E-state index contributed by atoms with van der Waals surface area (Å²) in [4.78, 5) is 16.5. The Hall–Kier alpha value is -3.47. The zero-order valence-corrected chi connectivity index (χ0v) is 14.4. The molecule has 3 aromatic rings. The van der Waals surface area contributed by atoms with Gasteiger partial charge in [0.2, 0.25) is 0 Å². The molecule has 5 heteroatoms. The molecule has 0 aliphatic carbocycles. The molecule has 3 rings (SSSR count). The number of benzene rings is 2. The molecule has 0 saturated heterocycles. The fourth-order valence-electron chi connectivity index (χ4n) is 2.44. The van der Waals surface area contributed by atoms with Crippen molar-refractivity contribution in [3.63, 3.8) is 0 Å². The fourth-order valence-corrected chi connectivity index (χ4v) is 2.44. The molecule has 1 heterocycles. The molecule has 130 valence electrons. The van der Waals surface area contributed by atoms with Gasteiger partial charge in [-0.25, -0.2) is 5.43 Å². The van der Waals surface area contributed by atoms with Gasteiger partial charge in [-0.3, -0.25) is 9.78 Å².